The van der Waals surface area contributed by atoms with Gasteiger partial charge in [-0.3, -0.25) is 20.3 Å². The third-order valence-corrected chi connectivity index (χ3v) is 5.56. The molecule has 2 N–H and O–H groups in total. The molecular formula is C20H12N3NaO7S. The van der Waals surface area contributed by atoms with Crippen molar-refractivity contribution in [3.8, 4) is 5.75 Å². The molecule has 0 atom stereocenters. The Hall–Kier alpha value is -3.09. The van der Waals surface area contributed by atoms with E-state index in [-0.39, 0.29) is 57.8 Å². The molecule has 3 aromatic rings. The first-order valence-corrected chi connectivity index (χ1v) is 10.1. The Balaban J connectivity index is 0.00000289. The van der Waals surface area contributed by atoms with E-state index in [1.54, 1.807) is 30.3 Å². The number of carbonyl (C=O) groups excluding carboxylic acids is 1. The van der Waals surface area contributed by atoms with E-state index in [4.69, 9.17) is 0 Å². The predicted octanol–water partition coefficient (Wildman–Crippen LogP) is -0.257. The van der Waals surface area contributed by atoms with Crippen LogP contribution in [0.2, 0.25) is 0 Å². The molecule has 0 aromatic heterocycles. The van der Waals surface area contributed by atoms with Gasteiger partial charge in [0.2, 0.25) is 5.78 Å². The fourth-order valence-corrected chi connectivity index (χ4v) is 3.93. The summed E-state index contributed by atoms with van der Waals surface area (Å²) in [7, 11) is -5.08. The van der Waals surface area contributed by atoms with Gasteiger partial charge < -0.3 is 9.66 Å². The van der Waals surface area contributed by atoms with Gasteiger partial charge in [-0.2, -0.15) is 5.10 Å². The molecule has 3 aromatic carbocycles. The number of nitrogens with one attached hydrogen (secondary N) is 1. The first-order chi connectivity index (χ1) is 14.7. The van der Waals surface area contributed by atoms with E-state index >= 15 is 0 Å². The van der Waals surface area contributed by atoms with Crippen LogP contribution in [-0.2, 0) is 14.9 Å². The Morgan fingerprint density at radius 3 is 2.44 bits per heavy atom. The number of fused-ring (bicyclic) bond motifs is 2. The van der Waals surface area contributed by atoms with Crippen molar-refractivity contribution < 1.29 is 57.4 Å². The number of ketones is 1. The van der Waals surface area contributed by atoms with Crippen molar-refractivity contribution in [2.24, 2.45) is 5.10 Å². The van der Waals surface area contributed by atoms with E-state index in [0.29, 0.717) is 11.5 Å². The van der Waals surface area contributed by atoms with Crippen LogP contribution in [0.25, 0.3) is 15.7 Å². The summed E-state index contributed by atoms with van der Waals surface area (Å²) in [6.07, 6.45) is 0.579. The zero-order valence-corrected chi connectivity index (χ0v) is 19.3. The SMILES string of the molecule is O=C1C=C(S(=O)(=O)[O-])c2cc([N+](=O)[O-])ccc2C1=NNc1ccc2ccccc2c1O.[Na+]. The quantitative estimate of drug-likeness (QED) is 0.177. The fourth-order valence-electron chi connectivity index (χ4n) is 3.24. The number of non-ortho nitro benzene ring substituents is 1. The second-order valence-electron chi connectivity index (χ2n) is 6.57. The first-order valence-electron chi connectivity index (χ1n) is 8.72. The summed E-state index contributed by atoms with van der Waals surface area (Å²) >= 11 is 0. The number of benzene rings is 3. The summed E-state index contributed by atoms with van der Waals surface area (Å²) in [5.41, 5.74) is 1.64. The number of nitro groups is 1. The van der Waals surface area contributed by atoms with E-state index in [1.807, 2.05) is 0 Å². The monoisotopic (exact) mass is 461 g/mol. The van der Waals surface area contributed by atoms with Crippen LogP contribution < -0.4 is 35.0 Å². The van der Waals surface area contributed by atoms with Gasteiger partial charge in [-0.1, -0.05) is 30.3 Å². The third kappa shape index (κ3) is 4.29. The van der Waals surface area contributed by atoms with E-state index in [1.165, 1.54) is 6.07 Å². The van der Waals surface area contributed by atoms with Crippen LogP contribution in [0.3, 0.4) is 0 Å². The number of nitrogens with zero attached hydrogens (tertiary/aromatic N) is 2. The minimum absolute atomic E-state index is 0. The van der Waals surface area contributed by atoms with Crippen molar-refractivity contribution in [3.63, 3.8) is 0 Å². The average Bonchev–Trinajstić information content (AvgIpc) is 2.73. The fraction of sp³-hybridized carbons (Fsp3) is 0. The van der Waals surface area contributed by atoms with E-state index in [2.05, 4.69) is 10.5 Å². The van der Waals surface area contributed by atoms with E-state index < -0.39 is 31.4 Å². The van der Waals surface area contributed by atoms with Crippen molar-refractivity contribution in [1.82, 2.24) is 0 Å². The molecule has 1 aliphatic rings. The summed E-state index contributed by atoms with van der Waals surface area (Å²) in [6.45, 7) is 0. The molecule has 0 saturated carbocycles. The van der Waals surface area contributed by atoms with Crippen LogP contribution in [0.15, 0.2) is 65.8 Å². The first kappa shape index (κ1) is 23.6. The summed E-state index contributed by atoms with van der Waals surface area (Å²) in [5, 5.41) is 26.8. The second-order valence-corrected chi connectivity index (χ2v) is 7.92. The van der Waals surface area contributed by atoms with Gasteiger partial charge in [0, 0.05) is 34.7 Å². The van der Waals surface area contributed by atoms with Gasteiger partial charge in [0.15, 0.2) is 0 Å². The molecule has 0 heterocycles. The summed E-state index contributed by atoms with van der Waals surface area (Å²) in [5.74, 6) is -1.00. The van der Waals surface area contributed by atoms with Crippen molar-refractivity contribution in [2.45, 2.75) is 0 Å². The van der Waals surface area contributed by atoms with Gasteiger partial charge in [-0.05, 0) is 17.5 Å². The van der Waals surface area contributed by atoms with Gasteiger partial charge in [0.25, 0.3) is 5.69 Å². The zero-order valence-electron chi connectivity index (χ0n) is 16.5. The molecule has 4 rings (SSSR count). The van der Waals surface area contributed by atoms with Gasteiger partial charge in [0.1, 0.15) is 21.6 Å². The molecule has 0 aliphatic heterocycles. The number of hydrogen-bond acceptors (Lipinski definition) is 9. The largest absolute Gasteiger partial charge is 1.00 e. The van der Waals surface area contributed by atoms with Crippen LogP contribution in [0, 0.1) is 10.1 Å². The molecule has 156 valence electrons. The van der Waals surface area contributed by atoms with Crippen molar-refractivity contribution in [1.29, 1.82) is 0 Å². The van der Waals surface area contributed by atoms with Crippen LogP contribution in [-0.4, -0.2) is 34.5 Å². The Morgan fingerprint density at radius 1 is 1.03 bits per heavy atom. The number of anilines is 1. The number of rotatable bonds is 4. The van der Waals surface area contributed by atoms with Crippen LogP contribution >= 0.6 is 0 Å². The number of hydrazone groups is 1. The Morgan fingerprint density at radius 2 is 1.75 bits per heavy atom. The van der Waals surface area contributed by atoms with E-state index in [0.717, 1.165) is 23.6 Å². The molecule has 0 bridgehead atoms. The molecule has 0 unspecified atom stereocenters. The molecule has 0 fully saturated rings. The topological polar surface area (TPSA) is 162 Å². The van der Waals surface area contributed by atoms with Crippen molar-refractivity contribution in [2.75, 3.05) is 5.43 Å². The molecule has 32 heavy (non-hydrogen) atoms. The van der Waals surface area contributed by atoms with Crippen LogP contribution in [0.4, 0.5) is 11.4 Å². The molecule has 10 nitrogen and oxygen atoms in total. The number of hydrogen-bond donors (Lipinski definition) is 2. The minimum atomic E-state index is -5.08. The number of phenolic OH excluding ortho intramolecular Hbond substituents is 1. The summed E-state index contributed by atoms with van der Waals surface area (Å²) < 4.78 is 34.8. The molecule has 0 radical (unpaired) electrons. The van der Waals surface area contributed by atoms with Gasteiger partial charge in [-0.15, -0.1) is 0 Å². The standard InChI is InChI=1S/C20H13N3O7S.Na/c24-17-10-18(31(28,29)30)15-9-12(23(26)27)6-7-14(15)19(17)22-21-16-8-5-11-3-1-2-4-13(11)20(16)25;/h1-10,21,25H,(H,28,29,30);/q;+1/p-1. The molecule has 0 amide bonds. The number of nitro benzene ring substituents is 1. The maximum atomic E-state index is 12.5. The van der Waals surface area contributed by atoms with Gasteiger partial charge in [0.05, 0.1) is 15.5 Å². The Kier molecular flexibility index (Phi) is 6.49. The van der Waals surface area contributed by atoms with E-state index in [9.17, 15) is 33.0 Å². The number of carbonyl (C=O) groups is 1. The molecule has 0 spiro atoms. The number of phenols is 1. The minimum Gasteiger partial charge on any atom is -0.744 e. The Bertz CT molecular complexity index is 1450. The molecular weight excluding hydrogens is 449 g/mol. The second kappa shape index (κ2) is 8.81. The smallest absolute Gasteiger partial charge is 0.744 e. The van der Waals surface area contributed by atoms with Crippen molar-refractivity contribution in [3.05, 3.63) is 81.9 Å². The Labute approximate surface area is 203 Å². The molecule has 1 aliphatic carbocycles. The van der Waals surface area contributed by atoms with Crippen LogP contribution in [0.1, 0.15) is 11.1 Å². The number of allylic oxidation sites excluding steroid dienone is 1. The summed E-state index contributed by atoms with van der Waals surface area (Å²) in [4.78, 5) is 21.9. The maximum Gasteiger partial charge on any atom is 1.00 e. The normalized spacial score (nSPS) is 14.5. The number of aromatic hydroxyl groups is 1. The van der Waals surface area contributed by atoms with Crippen LogP contribution in [0.5, 0.6) is 5.75 Å². The molecule has 12 heteroatoms. The maximum absolute atomic E-state index is 12.5. The predicted molar refractivity (Wildman–Crippen MR) is 112 cm³/mol. The van der Waals surface area contributed by atoms with Gasteiger partial charge in [-0.25, -0.2) is 8.42 Å². The average molecular weight is 461 g/mol. The molecule has 0 saturated heterocycles. The summed E-state index contributed by atoms with van der Waals surface area (Å²) in [6, 6.07) is 13.4. The van der Waals surface area contributed by atoms with Gasteiger partial charge >= 0.3 is 29.6 Å². The third-order valence-electron chi connectivity index (χ3n) is 4.69. The van der Waals surface area contributed by atoms with Crippen molar-refractivity contribution >= 4 is 48.7 Å². The zero-order chi connectivity index (χ0) is 22.3.